The molecule has 4 heteroatoms. The molecule has 0 spiro atoms. The summed E-state index contributed by atoms with van der Waals surface area (Å²) in [4.78, 5) is 2.39. The van der Waals surface area contributed by atoms with Gasteiger partial charge in [-0.3, -0.25) is 4.90 Å². The average Bonchev–Trinajstić information content (AvgIpc) is 2.30. The number of rotatable bonds is 10. The molecule has 4 nitrogen and oxygen atoms in total. The lowest BCUT2D eigenvalue weighted by Crippen LogP contribution is -2.44. The summed E-state index contributed by atoms with van der Waals surface area (Å²) in [5.74, 6) is 0. The van der Waals surface area contributed by atoms with Crippen LogP contribution < -0.4 is 5.73 Å². The highest BCUT2D eigenvalue weighted by Crippen LogP contribution is 2.05. The van der Waals surface area contributed by atoms with Gasteiger partial charge in [-0.1, -0.05) is 6.92 Å². The van der Waals surface area contributed by atoms with Crippen molar-refractivity contribution in [1.29, 1.82) is 0 Å². The monoisotopic (exact) mass is 232 g/mol. The zero-order valence-electron chi connectivity index (χ0n) is 11.2. The fraction of sp³-hybridized carbons (Fsp3) is 1.00. The Bertz CT molecular complexity index is 156. The lowest BCUT2D eigenvalue weighted by molar-refractivity contribution is 0.111. The molecule has 98 valence electrons. The first-order valence-corrected chi connectivity index (χ1v) is 6.13. The summed E-state index contributed by atoms with van der Waals surface area (Å²) >= 11 is 0. The minimum Gasteiger partial charge on any atom is -0.385 e. The van der Waals surface area contributed by atoms with Gasteiger partial charge in [0.25, 0.3) is 0 Å². The number of methoxy groups -OCH3 is 2. The number of hydrogen-bond donors (Lipinski definition) is 1. The van der Waals surface area contributed by atoms with Gasteiger partial charge in [-0.25, -0.2) is 0 Å². The molecule has 0 heterocycles. The molecule has 16 heavy (non-hydrogen) atoms. The van der Waals surface area contributed by atoms with Gasteiger partial charge in [0, 0.05) is 46.0 Å². The van der Waals surface area contributed by atoms with Gasteiger partial charge in [0.15, 0.2) is 0 Å². The van der Waals surface area contributed by atoms with E-state index in [1.165, 1.54) is 0 Å². The first-order chi connectivity index (χ1) is 7.65. The fourth-order valence-electron chi connectivity index (χ4n) is 1.62. The highest BCUT2D eigenvalue weighted by molar-refractivity contribution is 4.72. The first kappa shape index (κ1) is 15.8. The van der Waals surface area contributed by atoms with E-state index < -0.39 is 0 Å². The summed E-state index contributed by atoms with van der Waals surface area (Å²) in [6, 6.07) is 0.745. The van der Waals surface area contributed by atoms with Gasteiger partial charge < -0.3 is 15.2 Å². The minimum atomic E-state index is 0.186. The van der Waals surface area contributed by atoms with E-state index >= 15 is 0 Å². The molecule has 0 aromatic heterocycles. The predicted molar refractivity (Wildman–Crippen MR) is 67.7 cm³/mol. The van der Waals surface area contributed by atoms with E-state index in [1.54, 1.807) is 14.2 Å². The van der Waals surface area contributed by atoms with E-state index in [4.69, 9.17) is 15.2 Å². The van der Waals surface area contributed by atoms with Crippen molar-refractivity contribution < 1.29 is 9.47 Å². The normalized spacial score (nSPS) is 15.4. The smallest absolute Gasteiger partial charge is 0.0589 e. The number of ether oxygens (including phenoxy) is 2. The van der Waals surface area contributed by atoms with Crippen LogP contribution >= 0.6 is 0 Å². The SMILES string of the molecule is CCC(C)N(CCOC)CC(N)CCOC. The van der Waals surface area contributed by atoms with Gasteiger partial charge in [0.05, 0.1) is 6.61 Å². The third-order valence-corrected chi connectivity index (χ3v) is 2.96. The Hall–Kier alpha value is -0.160. The summed E-state index contributed by atoms with van der Waals surface area (Å²) in [6.07, 6.45) is 2.05. The van der Waals surface area contributed by atoms with Crippen molar-refractivity contribution in [2.75, 3.05) is 40.5 Å². The van der Waals surface area contributed by atoms with Gasteiger partial charge >= 0.3 is 0 Å². The van der Waals surface area contributed by atoms with Crippen LogP contribution in [0.15, 0.2) is 0 Å². The van der Waals surface area contributed by atoms with Gasteiger partial charge in [-0.05, 0) is 19.8 Å². The Morgan fingerprint density at radius 1 is 1.19 bits per heavy atom. The molecular weight excluding hydrogens is 204 g/mol. The zero-order valence-corrected chi connectivity index (χ0v) is 11.2. The predicted octanol–water partition coefficient (Wildman–Crippen LogP) is 1.10. The molecule has 2 unspecified atom stereocenters. The van der Waals surface area contributed by atoms with E-state index in [9.17, 15) is 0 Å². The van der Waals surface area contributed by atoms with Crippen LogP contribution in [-0.2, 0) is 9.47 Å². The van der Waals surface area contributed by atoms with Crippen molar-refractivity contribution in [2.45, 2.75) is 38.8 Å². The largest absolute Gasteiger partial charge is 0.385 e. The molecule has 0 bridgehead atoms. The van der Waals surface area contributed by atoms with Crippen LogP contribution in [0.5, 0.6) is 0 Å². The Kier molecular flexibility index (Phi) is 9.92. The maximum Gasteiger partial charge on any atom is 0.0589 e. The Labute approximate surface area is 100 Å². The molecule has 2 atom stereocenters. The van der Waals surface area contributed by atoms with Crippen LogP contribution in [0, 0.1) is 0 Å². The summed E-state index contributed by atoms with van der Waals surface area (Å²) in [7, 11) is 3.45. The van der Waals surface area contributed by atoms with E-state index in [0.717, 1.165) is 39.1 Å². The van der Waals surface area contributed by atoms with Crippen molar-refractivity contribution in [3.8, 4) is 0 Å². The lowest BCUT2D eigenvalue weighted by Gasteiger charge is -2.30. The number of hydrogen-bond acceptors (Lipinski definition) is 4. The van der Waals surface area contributed by atoms with Gasteiger partial charge in [-0.15, -0.1) is 0 Å². The highest BCUT2D eigenvalue weighted by Gasteiger charge is 2.15. The lowest BCUT2D eigenvalue weighted by atomic mass is 10.1. The second kappa shape index (κ2) is 10.0. The Morgan fingerprint density at radius 2 is 1.81 bits per heavy atom. The van der Waals surface area contributed by atoms with Crippen molar-refractivity contribution in [3.05, 3.63) is 0 Å². The van der Waals surface area contributed by atoms with Gasteiger partial charge in [0.1, 0.15) is 0 Å². The van der Waals surface area contributed by atoms with E-state index in [-0.39, 0.29) is 6.04 Å². The Balaban J connectivity index is 3.97. The summed E-state index contributed by atoms with van der Waals surface area (Å²) in [5, 5.41) is 0. The molecule has 2 N–H and O–H groups in total. The minimum absolute atomic E-state index is 0.186. The molecule has 0 saturated carbocycles. The molecule has 0 saturated heterocycles. The standard InChI is InChI=1S/C12H28N2O2/c1-5-11(2)14(7-9-16-4)10-12(13)6-8-15-3/h11-12H,5-10,13H2,1-4H3. The fourth-order valence-corrected chi connectivity index (χ4v) is 1.62. The van der Waals surface area contributed by atoms with E-state index in [2.05, 4.69) is 18.7 Å². The molecule has 0 amide bonds. The molecule has 0 aromatic rings. The number of nitrogens with two attached hydrogens (primary N) is 1. The van der Waals surface area contributed by atoms with Crippen LogP contribution in [-0.4, -0.2) is 57.5 Å². The van der Waals surface area contributed by atoms with Crippen LogP contribution in [0.1, 0.15) is 26.7 Å². The van der Waals surface area contributed by atoms with Crippen LogP contribution in [0.3, 0.4) is 0 Å². The quantitative estimate of drug-likeness (QED) is 0.613. The molecular formula is C12H28N2O2. The maximum atomic E-state index is 6.06. The van der Waals surface area contributed by atoms with Crippen molar-refractivity contribution in [3.63, 3.8) is 0 Å². The van der Waals surface area contributed by atoms with Crippen molar-refractivity contribution >= 4 is 0 Å². The maximum absolute atomic E-state index is 6.06. The third-order valence-electron chi connectivity index (χ3n) is 2.96. The van der Waals surface area contributed by atoms with E-state index in [1.807, 2.05) is 0 Å². The molecule has 0 aliphatic rings. The molecule has 0 aliphatic carbocycles. The zero-order chi connectivity index (χ0) is 12.4. The van der Waals surface area contributed by atoms with Gasteiger partial charge in [0.2, 0.25) is 0 Å². The molecule has 0 fully saturated rings. The van der Waals surface area contributed by atoms with Crippen LogP contribution in [0.4, 0.5) is 0 Å². The summed E-state index contributed by atoms with van der Waals surface area (Å²) in [6.45, 7) is 7.80. The van der Waals surface area contributed by atoms with Crippen molar-refractivity contribution in [1.82, 2.24) is 4.90 Å². The average molecular weight is 232 g/mol. The van der Waals surface area contributed by atoms with E-state index in [0.29, 0.717) is 6.04 Å². The van der Waals surface area contributed by atoms with Gasteiger partial charge in [-0.2, -0.15) is 0 Å². The molecule has 0 rings (SSSR count). The highest BCUT2D eigenvalue weighted by atomic mass is 16.5. The second-order valence-corrected chi connectivity index (χ2v) is 4.29. The second-order valence-electron chi connectivity index (χ2n) is 4.29. The number of nitrogens with zero attached hydrogens (tertiary/aromatic N) is 1. The van der Waals surface area contributed by atoms with Crippen LogP contribution in [0.2, 0.25) is 0 Å². The summed E-state index contributed by atoms with van der Waals surface area (Å²) < 4.78 is 10.2. The first-order valence-electron chi connectivity index (χ1n) is 6.13. The topological polar surface area (TPSA) is 47.7 Å². The molecule has 0 aliphatic heterocycles. The molecule has 0 radical (unpaired) electrons. The molecule has 0 aromatic carbocycles. The third kappa shape index (κ3) is 7.17. The summed E-state index contributed by atoms with van der Waals surface area (Å²) in [5.41, 5.74) is 6.06. The van der Waals surface area contributed by atoms with Crippen LogP contribution in [0.25, 0.3) is 0 Å². The Morgan fingerprint density at radius 3 is 2.31 bits per heavy atom. The van der Waals surface area contributed by atoms with Crippen molar-refractivity contribution in [2.24, 2.45) is 5.73 Å².